The Hall–Kier alpha value is -0.360. The molecule has 2 heterocycles. The molecule has 0 spiro atoms. The van der Waals surface area contributed by atoms with Gasteiger partial charge in [0.15, 0.2) is 0 Å². The molecule has 2 aromatic heterocycles. The van der Waals surface area contributed by atoms with Crippen LogP contribution in [-0.2, 0) is 0 Å². The maximum atomic E-state index is 9.01. The molecule has 0 bridgehead atoms. The molecule has 0 amide bonds. The summed E-state index contributed by atoms with van der Waals surface area (Å²) >= 11 is 9.15. The van der Waals surface area contributed by atoms with Crippen molar-refractivity contribution in [1.29, 1.82) is 0 Å². The highest BCUT2D eigenvalue weighted by Gasteiger charge is 2.11. The van der Waals surface area contributed by atoms with Crippen LogP contribution in [0.2, 0.25) is 5.28 Å². The zero-order chi connectivity index (χ0) is 12.4. The second-order valence-electron chi connectivity index (χ2n) is 3.97. The predicted molar refractivity (Wildman–Crippen MR) is 74.1 cm³/mol. The summed E-state index contributed by atoms with van der Waals surface area (Å²) in [5.41, 5.74) is 0. The molecule has 0 aliphatic rings. The van der Waals surface area contributed by atoms with Crippen LogP contribution in [0.1, 0.15) is 11.8 Å². The summed E-state index contributed by atoms with van der Waals surface area (Å²) in [4.78, 5) is 10.6. The highest BCUT2D eigenvalue weighted by molar-refractivity contribution is 7.99. The molecule has 0 aliphatic heterocycles. The molecule has 0 fully saturated rings. The molecule has 0 radical (unpaired) electrons. The number of aliphatic hydroxyl groups excluding tert-OH is 1. The Morgan fingerprint density at radius 1 is 1.53 bits per heavy atom. The molecule has 0 saturated carbocycles. The molecule has 6 heteroatoms. The maximum Gasteiger partial charge on any atom is 0.224 e. The third-order valence-electron chi connectivity index (χ3n) is 2.27. The maximum absolute atomic E-state index is 9.01. The number of thiophene rings is 1. The molecule has 0 aliphatic carbocycles. The van der Waals surface area contributed by atoms with Gasteiger partial charge < -0.3 is 5.11 Å². The first kappa shape index (κ1) is 13.1. The van der Waals surface area contributed by atoms with Gasteiger partial charge in [0, 0.05) is 22.6 Å². The van der Waals surface area contributed by atoms with Gasteiger partial charge in [-0.15, -0.1) is 23.1 Å². The average Bonchev–Trinajstić information content (AvgIpc) is 2.65. The Bertz CT molecular complexity index is 529. The number of aliphatic hydroxyl groups is 1. The molecule has 2 aromatic rings. The van der Waals surface area contributed by atoms with Crippen LogP contribution in [-0.4, -0.2) is 27.4 Å². The van der Waals surface area contributed by atoms with E-state index in [4.69, 9.17) is 16.7 Å². The van der Waals surface area contributed by atoms with Crippen molar-refractivity contribution >= 4 is 44.9 Å². The summed E-state index contributed by atoms with van der Waals surface area (Å²) in [7, 11) is 0. The fourth-order valence-electron chi connectivity index (χ4n) is 1.37. The number of thioether (sulfide) groups is 1. The lowest BCUT2D eigenvalue weighted by atomic mass is 10.2. The van der Waals surface area contributed by atoms with Crippen molar-refractivity contribution in [3.63, 3.8) is 0 Å². The van der Waals surface area contributed by atoms with Gasteiger partial charge in [-0.25, -0.2) is 9.97 Å². The fraction of sp³-hybridized carbons (Fsp3) is 0.455. The molecular weight excluding hydrogens is 276 g/mol. The number of aryl methyl sites for hydroxylation is 1. The van der Waals surface area contributed by atoms with Crippen molar-refractivity contribution in [2.24, 2.45) is 5.92 Å². The minimum absolute atomic E-state index is 0.192. The first-order valence-corrected chi connectivity index (χ1v) is 7.45. The fourth-order valence-corrected chi connectivity index (χ4v) is 3.60. The second-order valence-corrected chi connectivity index (χ2v) is 6.55. The van der Waals surface area contributed by atoms with E-state index < -0.39 is 0 Å². The highest BCUT2D eigenvalue weighted by atomic mass is 35.5. The van der Waals surface area contributed by atoms with E-state index in [0.29, 0.717) is 5.28 Å². The van der Waals surface area contributed by atoms with Gasteiger partial charge in [-0.2, -0.15) is 0 Å². The zero-order valence-corrected chi connectivity index (χ0v) is 12.0. The van der Waals surface area contributed by atoms with Gasteiger partial charge in [-0.3, -0.25) is 0 Å². The summed E-state index contributed by atoms with van der Waals surface area (Å²) in [5.74, 6) is 1.08. The van der Waals surface area contributed by atoms with Crippen molar-refractivity contribution < 1.29 is 5.11 Å². The lowest BCUT2D eigenvalue weighted by Gasteiger charge is -2.07. The molecule has 17 heavy (non-hydrogen) atoms. The Balaban J connectivity index is 2.31. The van der Waals surface area contributed by atoms with Gasteiger partial charge in [0.2, 0.25) is 5.28 Å². The van der Waals surface area contributed by atoms with E-state index in [2.05, 4.69) is 16.0 Å². The first-order chi connectivity index (χ1) is 8.10. The van der Waals surface area contributed by atoms with Gasteiger partial charge in [-0.05, 0) is 30.5 Å². The van der Waals surface area contributed by atoms with Crippen LogP contribution < -0.4 is 0 Å². The summed E-state index contributed by atoms with van der Waals surface area (Å²) < 4.78 is 0. The zero-order valence-electron chi connectivity index (χ0n) is 9.61. The number of hydrogen-bond acceptors (Lipinski definition) is 5. The van der Waals surface area contributed by atoms with Gasteiger partial charge in [0.05, 0.1) is 0 Å². The quantitative estimate of drug-likeness (QED) is 0.532. The topological polar surface area (TPSA) is 46.0 Å². The second kappa shape index (κ2) is 5.52. The lowest BCUT2D eigenvalue weighted by molar-refractivity contribution is 0.250. The molecular formula is C11H13ClN2OS2. The molecule has 1 unspecified atom stereocenters. The van der Waals surface area contributed by atoms with Crippen LogP contribution in [0.25, 0.3) is 10.2 Å². The molecule has 2 rings (SSSR count). The lowest BCUT2D eigenvalue weighted by Crippen LogP contribution is -2.03. The number of fused-ring (bicyclic) bond motifs is 1. The van der Waals surface area contributed by atoms with Crippen molar-refractivity contribution in [3.8, 4) is 0 Å². The minimum atomic E-state index is 0.192. The van der Waals surface area contributed by atoms with E-state index in [1.165, 1.54) is 4.88 Å². The third-order valence-corrected chi connectivity index (χ3v) is 4.70. The number of hydrogen-bond donors (Lipinski definition) is 1. The average molecular weight is 289 g/mol. The predicted octanol–water partition coefficient (Wildman–Crippen LogP) is 3.37. The van der Waals surface area contributed by atoms with Gasteiger partial charge >= 0.3 is 0 Å². The largest absolute Gasteiger partial charge is 0.396 e. The number of rotatable bonds is 4. The Labute approximate surface area is 113 Å². The van der Waals surface area contributed by atoms with E-state index >= 15 is 0 Å². The van der Waals surface area contributed by atoms with E-state index in [0.717, 1.165) is 21.0 Å². The van der Waals surface area contributed by atoms with E-state index in [1.54, 1.807) is 23.1 Å². The van der Waals surface area contributed by atoms with Gasteiger partial charge in [-0.1, -0.05) is 6.92 Å². The van der Waals surface area contributed by atoms with Crippen LogP contribution >= 0.6 is 34.7 Å². The van der Waals surface area contributed by atoms with E-state index in [1.807, 2.05) is 13.8 Å². The smallest absolute Gasteiger partial charge is 0.224 e. The summed E-state index contributed by atoms with van der Waals surface area (Å²) in [6, 6.07) is 2.09. The van der Waals surface area contributed by atoms with Crippen molar-refractivity contribution in [3.05, 3.63) is 16.2 Å². The van der Waals surface area contributed by atoms with Crippen molar-refractivity contribution in [1.82, 2.24) is 9.97 Å². The highest BCUT2D eigenvalue weighted by Crippen LogP contribution is 2.32. The van der Waals surface area contributed by atoms with Crippen molar-refractivity contribution in [2.45, 2.75) is 18.9 Å². The monoisotopic (exact) mass is 288 g/mol. The molecule has 1 N–H and O–H groups in total. The summed E-state index contributed by atoms with van der Waals surface area (Å²) in [6.45, 7) is 4.24. The minimum Gasteiger partial charge on any atom is -0.396 e. The number of halogens is 1. The SMILES string of the molecule is Cc1cc2c(SCC(C)CO)nc(Cl)nc2s1. The van der Waals surface area contributed by atoms with Crippen LogP contribution in [0.15, 0.2) is 11.1 Å². The molecule has 92 valence electrons. The van der Waals surface area contributed by atoms with E-state index in [9.17, 15) is 0 Å². The Kier molecular flexibility index (Phi) is 4.25. The van der Waals surface area contributed by atoms with E-state index in [-0.39, 0.29) is 12.5 Å². The molecule has 0 aromatic carbocycles. The van der Waals surface area contributed by atoms with Gasteiger partial charge in [0.25, 0.3) is 0 Å². The molecule has 0 saturated heterocycles. The Morgan fingerprint density at radius 2 is 2.29 bits per heavy atom. The standard InChI is InChI=1S/C11H13ClN2OS2/c1-6(4-15)5-16-9-8-3-7(2)17-10(8)14-11(12)13-9/h3,6,15H,4-5H2,1-2H3. The number of aromatic nitrogens is 2. The van der Waals surface area contributed by atoms with Crippen LogP contribution in [0.3, 0.4) is 0 Å². The first-order valence-electron chi connectivity index (χ1n) is 5.27. The van der Waals surface area contributed by atoms with Crippen LogP contribution in [0.5, 0.6) is 0 Å². The van der Waals surface area contributed by atoms with Crippen molar-refractivity contribution in [2.75, 3.05) is 12.4 Å². The molecule has 1 atom stereocenters. The third kappa shape index (κ3) is 3.10. The van der Waals surface area contributed by atoms with Crippen LogP contribution in [0.4, 0.5) is 0 Å². The van der Waals surface area contributed by atoms with Gasteiger partial charge in [0.1, 0.15) is 9.86 Å². The molecule has 3 nitrogen and oxygen atoms in total. The summed E-state index contributed by atoms with van der Waals surface area (Å²) in [6.07, 6.45) is 0. The number of nitrogens with zero attached hydrogens (tertiary/aromatic N) is 2. The summed E-state index contributed by atoms with van der Waals surface area (Å²) in [5, 5.41) is 11.3. The normalized spacial score (nSPS) is 13.2. The van der Waals surface area contributed by atoms with Crippen LogP contribution in [0, 0.1) is 12.8 Å². The Morgan fingerprint density at radius 3 is 3.00 bits per heavy atom.